The van der Waals surface area contributed by atoms with Crippen LogP contribution in [0.2, 0.25) is 0 Å². The molecule has 3 rings (SSSR count). The lowest BCUT2D eigenvalue weighted by Gasteiger charge is -2.14. The topological polar surface area (TPSA) is 92.7 Å². The zero-order chi connectivity index (χ0) is 23.5. The van der Waals surface area contributed by atoms with E-state index in [0.29, 0.717) is 12.5 Å². The van der Waals surface area contributed by atoms with Crippen LogP contribution in [0.25, 0.3) is 0 Å². The van der Waals surface area contributed by atoms with Crippen molar-refractivity contribution in [1.82, 2.24) is 0 Å². The van der Waals surface area contributed by atoms with Crippen molar-refractivity contribution in [3.8, 4) is 0 Å². The van der Waals surface area contributed by atoms with E-state index in [1.807, 2.05) is 6.92 Å². The lowest BCUT2D eigenvalue weighted by molar-refractivity contribution is -0.137. The van der Waals surface area contributed by atoms with E-state index in [-0.39, 0.29) is 27.4 Å². The monoisotopic (exact) mass is 462 g/mol. The Morgan fingerprint density at radius 2 is 1.69 bits per heavy atom. The number of anilines is 1. The average Bonchev–Trinajstić information content (AvgIpc) is 2.78. The van der Waals surface area contributed by atoms with Gasteiger partial charge in [0.15, 0.2) is 5.78 Å². The molecule has 166 valence electrons. The summed E-state index contributed by atoms with van der Waals surface area (Å²) in [5.41, 5.74) is -1.13. The van der Waals surface area contributed by atoms with Gasteiger partial charge in [0.2, 0.25) is 0 Å². The number of nitrogens with zero attached hydrogens (tertiary/aromatic N) is 1. The molecule has 32 heavy (non-hydrogen) atoms. The maximum atomic E-state index is 13.0. The van der Waals surface area contributed by atoms with Crippen molar-refractivity contribution < 1.29 is 26.4 Å². The summed E-state index contributed by atoms with van der Waals surface area (Å²) in [5, 5.41) is 2.72. The summed E-state index contributed by atoms with van der Waals surface area (Å²) in [6, 6.07) is 13.2. The molecule has 0 atom stereocenters. The van der Waals surface area contributed by atoms with Gasteiger partial charge in [0.1, 0.15) is 5.69 Å². The number of hydrogen-bond donors (Lipinski definition) is 1. The number of nitrogens with one attached hydrogen (secondary N) is 1. The molecular formula is C22H17F3N2O4S. The van der Waals surface area contributed by atoms with Crippen LogP contribution < -0.4 is 4.72 Å². The van der Waals surface area contributed by atoms with Gasteiger partial charge >= 0.3 is 6.18 Å². The van der Waals surface area contributed by atoms with Crippen molar-refractivity contribution in [3.05, 3.63) is 93.9 Å². The molecule has 3 aromatic carbocycles. The normalized spacial score (nSPS) is 11.8. The molecule has 0 fully saturated rings. The van der Waals surface area contributed by atoms with Crippen LogP contribution in [0.5, 0.6) is 0 Å². The van der Waals surface area contributed by atoms with E-state index in [1.54, 1.807) is 12.1 Å². The minimum Gasteiger partial charge on any atom is -0.289 e. The van der Waals surface area contributed by atoms with Crippen molar-refractivity contribution in [2.75, 3.05) is 4.72 Å². The molecule has 6 nitrogen and oxygen atoms in total. The minimum atomic E-state index is -4.67. The van der Waals surface area contributed by atoms with Crippen LogP contribution in [0.1, 0.15) is 34.0 Å². The fraction of sp³-hybridized carbons (Fsp3) is 0.136. The fourth-order valence-electron chi connectivity index (χ4n) is 2.97. The molecule has 0 bridgehead atoms. The van der Waals surface area contributed by atoms with Crippen LogP contribution in [0, 0.1) is 4.91 Å². The number of halogens is 3. The summed E-state index contributed by atoms with van der Waals surface area (Å²) >= 11 is 0. The lowest BCUT2D eigenvalue weighted by Crippen LogP contribution is -2.16. The van der Waals surface area contributed by atoms with Crippen LogP contribution in [0.3, 0.4) is 0 Å². The summed E-state index contributed by atoms with van der Waals surface area (Å²) in [6.07, 6.45) is -3.96. The molecular weight excluding hydrogens is 445 g/mol. The number of alkyl halides is 3. The molecule has 1 N–H and O–H groups in total. The molecule has 0 unspecified atom stereocenters. The minimum absolute atomic E-state index is 0.0650. The summed E-state index contributed by atoms with van der Waals surface area (Å²) in [7, 11) is -4.12. The van der Waals surface area contributed by atoms with Gasteiger partial charge in [-0.3, -0.25) is 9.52 Å². The third kappa shape index (κ3) is 5.02. The first-order valence-electron chi connectivity index (χ1n) is 9.36. The van der Waals surface area contributed by atoms with Gasteiger partial charge in [-0.25, -0.2) is 8.42 Å². The van der Waals surface area contributed by atoms with E-state index in [9.17, 15) is 31.3 Å². The van der Waals surface area contributed by atoms with Crippen molar-refractivity contribution in [2.45, 2.75) is 24.4 Å². The highest BCUT2D eigenvalue weighted by molar-refractivity contribution is 7.92. The van der Waals surface area contributed by atoms with Crippen LogP contribution in [-0.2, 0) is 22.6 Å². The Bertz CT molecular complexity index is 1270. The summed E-state index contributed by atoms with van der Waals surface area (Å²) in [5.74, 6) is -0.902. The van der Waals surface area contributed by atoms with Gasteiger partial charge in [0.05, 0.1) is 16.1 Å². The van der Waals surface area contributed by atoms with Gasteiger partial charge in [-0.05, 0) is 59.6 Å². The number of sulfonamides is 1. The van der Waals surface area contributed by atoms with Crippen molar-refractivity contribution >= 4 is 27.2 Å². The second-order valence-corrected chi connectivity index (χ2v) is 8.51. The van der Waals surface area contributed by atoms with Gasteiger partial charge in [-0.15, -0.1) is 4.91 Å². The highest BCUT2D eigenvalue weighted by atomic mass is 32.2. The number of benzene rings is 3. The van der Waals surface area contributed by atoms with Crippen molar-refractivity contribution in [1.29, 1.82) is 0 Å². The molecule has 0 aliphatic carbocycles. The smallest absolute Gasteiger partial charge is 0.289 e. The SMILES string of the molecule is CCc1ccc(S(=O)(=O)Nc2ccc(N=O)cc2C(=O)c2cccc(C(F)(F)F)c2)cc1. The highest BCUT2D eigenvalue weighted by Crippen LogP contribution is 2.32. The Morgan fingerprint density at radius 1 is 1.00 bits per heavy atom. The predicted octanol–water partition coefficient (Wildman–Crippen LogP) is 5.70. The Labute approximate surface area is 182 Å². The zero-order valence-electron chi connectivity index (χ0n) is 16.7. The molecule has 0 heterocycles. The second kappa shape index (κ2) is 8.91. The number of hydrogen-bond acceptors (Lipinski definition) is 5. The number of nitroso groups, excluding NO2 is 1. The Morgan fingerprint density at radius 3 is 2.28 bits per heavy atom. The third-order valence-corrected chi connectivity index (χ3v) is 6.07. The van der Waals surface area contributed by atoms with Gasteiger partial charge in [0, 0.05) is 11.1 Å². The number of aryl methyl sites for hydroxylation is 1. The molecule has 0 aromatic heterocycles. The van der Waals surface area contributed by atoms with Gasteiger partial charge in [0.25, 0.3) is 10.0 Å². The third-order valence-electron chi connectivity index (χ3n) is 4.69. The Balaban J connectivity index is 2.04. The van der Waals surface area contributed by atoms with Crippen LogP contribution in [0.15, 0.2) is 76.8 Å². The Hall–Kier alpha value is -3.53. The van der Waals surface area contributed by atoms with E-state index in [2.05, 4.69) is 9.90 Å². The van der Waals surface area contributed by atoms with Crippen molar-refractivity contribution in [3.63, 3.8) is 0 Å². The lowest BCUT2D eigenvalue weighted by atomic mass is 9.99. The van der Waals surface area contributed by atoms with Crippen LogP contribution in [0.4, 0.5) is 24.5 Å². The predicted molar refractivity (Wildman–Crippen MR) is 113 cm³/mol. The first kappa shape index (κ1) is 23.1. The number of rotatable bonds is 7. The van der Waals surface area contributed by atoms with E-state index >= 15 is 0 Å². The zero-order valence-corrected chi connectivity index (χ0v) is 17.5. The molecule has 0 spiro atoms. The molecule has 0 aliphatic rings. The van der Waals surface area contributed by atoms with E-state index in [0.717, 1.165) is 29.8 Å². The van der Waals surface area contributed by atoms with Gasteiger partial charge < -0.3 is 0 Å². The number of carbonyl (C=O) groups is 1. The van der Waals surface area contributed by atoms with Crippen molar-refractivity contribution in [2.24, 2.45) is 5.18 Å². The van der Waals surface area contributed by atoms with E-state index < -0.39 is 27.5 Å². The first-order chi connectivity index (χ1) is 15.0. The highest BCUT2D eigenvalue weighted by Gasteiger charge is 2.31. The summed E-state index contributed by atoms with van der Waals surface area (Å²) in [4.78, 5) is 23.8. The Kier molecular flexibility index (Phi) is 6.45. The van der Waals surface area contributed by atoms with E-state index in [4.69, 9.17) is 0 Å². The van der Waals surface area contributed by atoms with Crippen LogP contribution >= 0.6 is 0 Å². The molecule has 0 aliphatic heterocycles. The molecule has 0 radical (unpaired) electrons. The molecule has 3 aromatic rings. The molecule has 0 saturated heterocycles. The number of ketones is 1. The van der Waals surface area contributed by atoms with Gasteiger partial charge in [-0.2, -0.15) is 13.2 Å². The molecule has 0 saturated carbocycles. The van der Waals surface area contributed by atoms with Crippen LogP contribution in [-0.4, -0.2) is 14.2 Å². The molecule has 10 heteroatoms. The molecule has 0 amide bonds. The number of carbonyl (C=O) groups excluding carboxylic acids is 1. The first-order valence-corrected chi connectivity index (χ1v) is 10.8. The maximum absolute atomic E-state index is 13.0. The summed E-state index contributed by atoms with van der Waals surface area (Å²) < 4.78 is 67.0. The average molecular weight is 462 g/mol. The second-order valence-electron chi connectivity index (χ2n) is 6.83. The fourth-order valence-corrected chi connectivity index (χ4v) is 4.05. The largest absolute Gasteiger partial charge is 0.416 e. The summed E-state index contributed by atoms with van der Waals surface area (Å²) in [6.45, 7) is 1.91. The van der Waals surface area contributed by atoms with E-state index in [1.165, 1.54) is 24.3 Å². The van der Waals surface area contributed by atoms with Gasteiger partial charge in [-0.1, -0.05) is 31.2 Å². The quantitative estimate of drug-likeness (QED) is 0.360. The maximum Gasteiger partial charge on any atom is 0.416 e. The standard InChI is InChI=1S/C22H17F3N2O4S/c1-2-14-6-9-18(10-7-14)32(30,31)27-20-11-8-17(26-29)13-19(20)21(28)15-4-3-5-16(12-15)22(23,24)25/h3-13,27H,2H2,1H3.